The summed E-state index contributed by atoms with van der Waals surface area (Å²) in [5, 5.41) is 9.74. The summed E-state index contributed by atoms with van der Waals surface area (Å²) in [6.45, 7) is 4.18. The molecule has 104 valence electrons. The van der Waals surface area contributed by atoms with E-state index in [4.69, 9.17) is 14.2 Å². The zero-order valence-corrected chi connectivity index (χ0v) is 11.5. The van der Waals surface area contributed by atoms with Gasteiger partial charge in [0.15, 0.2) is 6.29 Å². The first-order chi connectivity index (χ1) is 9.10. The molecular weight excluding hydrogens is 244 g/mol. The fraction of sp³-hybridized carbons (Fsp3) is 0.467. The number of aliphatic hydroxyl groups excluding tert-OH is 1. The standard InChI is InChI=1S/C15H20O4/c1-10-8-14(19-11(2)15(10)16)18-9-12-4-6-13(17-3)7-5-12/h4-8,11,14-16H,9H2,1-3H3/t11-,14+,15+/m0/s1. The molecule has 1 aliphatic rings. The Bertz CT molecular complexity index is 438. The molecule has 0 unspecified atom stereocenters. The molecule has 0 aliphatic carbocycles. The lowest BCUT2D eigenvalue weighted by atomic mass is 10.0. The predicted octanol–water partition coefficient (Wildman–Crippen LogP) is 2.26. The number of rotatable bonds is 4. The SMILES string of the molecule is COc1ccc(CO[C@H]2C=C(C)[C@@H](O)[C@H](C)O2)cc1. The van der Waals surface area contributed by atoms with Crippen molar-refractivity contribution in [3.05, 3.63) is 41.5 Å². The van der Waals surface area contributed by atoms with E-state index in [-0.39, 0.29) is 6.10 Å². The Morgan fingerprint density at radius 2 is 1.95 bits per heavy atom. The molecule has 0 aromatic heterocycles. The van der Waals surface area contributed by atoms with Gasteiger partial charge in [-0.1, -0.05) is 12.1 Å². The van der Waals surface area contributed by atoms with Gasteiger partial charge in [0.1, 0.15) is 11.9 Å². The van der Waals surface area contributed by atoms with Crippen molar-refractivity contribution in [2.45, 2.75) is 39.0 Å². The molecule has 1 heterocycles. The Labute approximate surface area is 113 Å². The molecule has 1 aromatic carbocycles. The first-order valence-corrected chi connectivity index (χ1v) is 6.36. The van der Waals surface area contributed by atoms with Gasteiger partial charge in [0.25, 0.3) is 0 Å². The van der Waals surface area contributed by atoms with Crippen molar-refractivity contribution >= 4 is 0 Å². The fourth-order valence-corrected chi connectivity index (χ4v) is 2.00. The highest BCUT2D eigenvalue weighted by molar-refractivity contribution is 5.26. The molecule has 19 heavy (non-hydrogen) atoms. The highest BCUT2D eigenvalue weighted by atomic mass is 16.7. The Hall–Kier alpha value is -1.36. The van der Waals surface area contributed by atoms with E-state index < -0.39 is 12.4 Å². The number of methoxy groups -OCH3 is 1. The highest BCUT2D eigenvalue weighted by Crippen LogP contribution is 2.21. The lowest BCUT2D eigenvalue weighted by Crippen LogP contribution is -2.36. The van der Waals surface area contributed by atoms with Gasteiger partial charge in [-0.2, -0.15) is 0 Å². The largest absolute Gasteiger partial charge is 0.497 e. The summed E-state index contributed by atoms with van der Waals surface area (Å²) in [5.74, 6) is 0.824. The van der Waals surface area contributed by atoms with E-state index in [9.17, 15) is 5.11 Å². The molecule has 3 atom stereocenters. The van der Waals surface area contributed by atoms with Crippen LogP contribution in [0.1, 0.15) is 19.4 Å². The van der Waals surface area contributed by atoms with Crippen LogP contribution in [0.4, 0.5) is 0 Å². The van der Waals surface area contributed by atoms with Gasteiger partial charge in [0, 0.05) is 0 Å². The van der Waals surface area contributed by atoms with E-state index in [1.54, 1.807) is 7.11 Å². The molecular formula is C15H20O4. The summed E-state index contributed by atoms with van der Waals surface area (Å²) in [4.78, 5) is 0. The molecule has 4 heteroatoms. The van der Waals surface area contributed by atoms with Crippen LogP contribution in [0.15, 0.2) is 35.9 Å². The van der Waals surface area contributed by atoms with Crippen molar-refractivity contribution in [2.24, 2.45) is 0 Å². The van der Waals surface area contributed by atoms with E-state index in [2.05, 4.69) is 0 Å². The second-order valence-electron chi connectivity index (χ2n) is 4.72. The number of hydrogen-bond acceptors (Lipinski definition) is 4. The number of aliphatic hydroxyl groups is 1. The zero-order chi connectivity index (χ0) is 13.8. The average Bonchev–Trinajstić information content (AvgIpc) is 2.43. The maximum absolute atomic E-state index is 9.74. The van der Waals surface area contributed by atoms with Crippen molar-refractivity contribution in [3.63, 3.8) is 0 Å². The average molecular weight is 264 g/mol. The van der Waals surface area contributed by atoms with Gasteiger partial charge in [-0.25, -0.2) is 0 Å². The van der Waals surface area contributed by atoms with Crippen LogP contribution in [0.25, 0.3) is 0 Å². The summed E-state index contributed by atoms with van der Waals surface area (Å²) < 4.78 is 16.3. The van der Waals surface area contributed by atoms with Gasteiger partial charge in [0.2, 0.25) is 0 Å². The van der Waals surface area contributed by atoms with Crippen LogP contribution in [-0.4, -0.2) is 30.7 Å². The molecule has 1 aromatic rings. The summed E-state index contributed by atoms with van der Waals surface area (Å²) >= 11 is 0. The topological polar surface area (TPSA) is 47.9 Å². The number of ether oxygens (including phenoxy) is 3. The Morgan fingerprint density at radius 3 is 2.53 bits per heavy atom. The molecule has 4 nitrogen and oxygen atoms in total. The molecule has 0 fully saturated rings. The molecule has 2 rings (SSSR count). The summed E-state index contributed by atoms with van der Waals surface area (Å²) in [6, 6.07) is 7.70. The van der Waals surface area contributed by atoms with Crippen molar-refractivity contribution in [1.29, 1.82) is 0 Å². The summed E-state index contributed by atoms with van der Waals surface area (Å²) in [6.07, 6.45) is 0.626. The van der Waals surface area contributed by atoms with Crippen LogP contribution in [-0.2, 0) is 16.1 Å². The second-order valence-corrected chi connectivity index (χ2v) is 4.72. The molecule has 0 saturated carbocycles. The van der Waals surface area contributed by atoms with Crippen molar-refractivity contribution in [1.82, 2.24) is 0 Å². The second kappa shape index (κ2) is 6.19. The van der Waals surface area contributed by atoms with Crippen LogP contribution < -0.4 is 4.74 Å². The van der Waals surface area contributed by atoms with E-state index in [1.807, 2.05) is 44.2 Å². The van der Waals surface area contributed by atoms with Crippen LogP contribution in [0.2, 0.25) is 0 Å². The van der Waals surface area contributed by atoms with Gasteiger partial charge in [-0.3, -0.25) is 0 Å². The molecule has 0 radical (unpaired) electrons. The predicted molar refractivity (Wildman–Crippen MR) is 71.9 cm³/mol. The Morgan fingerprint density at radius 1 is 1.26 bits per heavy atom. The van der Waals surface area contributed by atoms with Gasteiger partial charge in [0.05, 0.1) is 19.8 Å². The molecule has 0 spiro atoms. The molecule has 1 N–H and O–H groups in total. The maximum Gasteiger partial charge on any atom is 0.178 e. The smallest absolute Gasteiger partial charge is 0.178 e. The normalized spacial score (nSPS) is 26.9. The third-order valence-corrected chi connectivity index (χ3v) is 3.23. The van der Waals surface area contributed by atoms with Crippen LogP contribution in [0.5, 0.6) is 5.75 Å². The Balaban J connectivity index is 1.91. The lowest BCUT2D eigenvalue weighted by molar-refractivity contribution is -0.173. The third-order valence-electron chi connectivity index (χ3n) is 3.23. The number of benzene rings is 1. The van der Waals surface area contributed by atoms with E-state index in [0.717, 1.165) is 16.9 Å². The first-order valence-electron chi connectivity index (χ1n) is 6.36. The molecule has 0 bridgehead atoms. The monoisotopic (exact) mass is 264 g/mol. The molecule has 1 aliphatic heterocycles. The highest BCUT2D eigenvalue weighted by Gasteiger charge is 2.26. The molecule has 0 saturated heterocycles. The first kappa shape index (κ1) is 14.1. The zero-order valence-electron chi connectivity index (χ0n) is 11.5. The maximum atomic E-state index is 9.74. The molecule has 0 amide bonds. The quantitative estimate of drug-likeness (QED) is 0.847. The minimum Gasteiger partial charge on any atom is -0.497 e. The van der Waals surface area contributed by atoms with Crippen molar-refractivity contribution < 1.29 is 19.3 Å². The van der Waals surface area contributed by atoms with E-state index in [1.165, 1.54) is 0 Å². The van der Waals surface area contributed by atoms with E-state index in [0.29, 0.717) is 6.61 Å². The van der Waals surface area contributed by atoms with Gasteiger partial charge in [-0.05, 0) is 43.2 Å². The van der Waals surface area contributed by atoms with Crippen LogP contribution in [0, 0.1) is 0 Å². The van der Waals surface area contributed by atoms with Crippen molar-refractivity contribution in [3.8, 4) is 5.75 Å². The van der Waals surface area contributed by atoms with Gasteiger partial charge in [-0.15, -0.1) is 0 Å². The van der Waals surface area contributed by atoms with Gasteiger partial charge >= 0.3 is 0 Å². The Kier molecular flexibility index (Phi) is 4.58. The fourth-order valence-electron chi connectivity index (χ4n) is 2.00. The minimum absolute atomic E-state index is 0.245. The lowest BCUT2D eigenvalue weighted by Gasteiger charge is -2.30. The van der Waals surface area contributed by atoms with Crippen LogP contribution in [0.3, 0.4) is 0 Å². The van der Waals surface area contributed by atoms with Crippen LogP contribution >= 0.6 is 0 Å². The third kappa shape index (κ3) is 3.56. The van der Waals surface area contributed by atoms with Gasteiger partial charge < -0.3 is 19.3 Å². The summed E-state index contributed by atoms with van der Waals surface area (Å²) in [7, 11) is 1.64. The number of hydrogen-bond donors (Lipinski definition) is 1. The summed E-state index contributed by atoms with van der Waals surface area (Å²) in [5.41, 5.74) is 1.94. The van der Waals surface area contributed by atoms with E-state index >= 15 is 0 Å². The minimum atomic E-state index is -0.541. The van der Waals surface area contributed by atoms with Crippen molar-refractivity contribution in [2.75, 3.05) is 7.11 Å².